The Morgan fingerprint density at radius 1 is 1.13 bits per heavy atom. The molecule has 23 heavy (non-hydrogen) atoms. The van der Waals surface area contributed by atoms with E-state index in [0.29, 0.717) is 17.1 Å². The molecule has 0 aliphatic carbocycles. The fourth-order valence-corrected chi connectivity index (χ4v) is 2.16. The number of benzene rings is 2. The third kappa shape index (κ3) is 3.31. The van der Waals surface area contributed by atoms with Gasteiger partial charge in [-0.2, -0.15) is 4.98 Å². The number of ether oxygens (including phenoxy) is 1. The van der Waals surface area contributed by atoms with E-state index < -0.39 is 0 Å². The van der Waals surface area contributed by atoms with E-state index in [-0.39, 0.29) is 17.9 Å². The molecule has 0 aliphatic heterocycles. The van der Waals surface area contributed by atoms with Crippen LogP contribution in [-0.2, 0) is 0 Å². The number of nitrogens with zero attached hydrogens (tertiary/aromatic N) is 3. The van der Waals surface area contributed by atoms with Crippen LogP contribution in [0.25, 0.3) is 17.1 Å². The number of aromatic nitrogens is 3. The molecular weight excluding hydrogens is 295 g/mol. The molecule has 0 atom stereocenters. The topological polar surface area (TPSA) is 66.0 Å². The minimum Gasteiger partial charge on any atom is -0.460 e. The Balaban J connectivity index is 2.12. The fraction of sp³-hybridized carbons (Fsp3) is 0.176. The number of anilines is 1. The average Bonchev–Trinajstić information content (AvgIpc) is 2.91. The molecule has 0 saturated heterocycles. The van der Waals surface area contributed by atoms with Crippen LogP contribution in [0.5, 0.6) is 6.01 Å². The van der Waals surface area contributed by atoms with E-state index >= 15 is 0 Å². The van der Waals surface area contributed by atoms with Gasteiger partial charge < -0.3 is 10.5 Å². The normalized spacial score (nSPS) is 11.0. The Labute approximate surface area is 133 Å². The van der Waals surface area contributed by atoms with Crippen LogP contribution < -0.4 is 10.5 Å². The largest absolute Gasteiger partial charge is 0.460 e. The average molecular weight is 312 g/mol. The monoisotopic (exact) mass is 312 g/mol. The van der Waals surface area contributed by atoms with Crippen molar-refractivity contribution in [2.75, 3.05) is 5.73 Å². The second kappa shape index (κ2) is 6.08. The Morgan fingerprint density at radius 2 is 1.87 bits per heavy atom. The van der Waals surface area contributed by atoms with E-state index in [4.69, 9.17) is 10.5 Å². The van der Waals surface area contributed by atoms with Gasteiger partial charge in [0.1, 0.15) is 5.82 Å². The molecule has 2 N–H and O–H groups in total. The van der Waals surface area contributed by atoms with Gasteiger partial charge in [-0.15, -0.1) is 5.10 Å². The molecule has 0 bridgehead atoms. The first-order valence-corrected chi connectivity index (χ1v) is 7.28. The first kappa shape index (κ1) is 15.0. The molecule has 0 saturated carbocycles. The molecule has 6 heteroatoms. The summed E-state index contributed by atoms with van der Waals surface area (Å²) in [5.74, 6) is 0.172. The Kier molecular flexibility index (Phi) is 3.97. The lowest BCUT2D eigenvalue weighted by molar-refractivity contribution is 0.222. The third-order valence-corrected chi connectivity index (χ3v) is 3.15. The minimum atomic E-state index is -0.333. The van der Waals surface area contributed by atoms with Crippen LogP contribution in [-0.4, -0.2) is 20.9 Å². The molecule has 0 unspecified atom stereocenters. The second-order valence-corrected chi connectivity index (χ2v) is 5.40. The molecule has 0 fully saturated rings. The van der Waals surface area contributed by atoms with Crippen LogP contribution in [0, 0.1) is 5.82 Å². The van der Waals surface area contributed by atoms with Crippen LogP contribution in [0.15, 0.2) is 48.5 Å². The van der Waals surface area contributed by atoms with Crippen molar-refractivity contribution in [3.8, 4) is 23.1 Å². The number of nitrogens with two attached hydrogens (primary N) is 1. The molecular formula is C17H17FN4O. The maximum atomic E-state index is 13.6. The molecule has 0 spiro atoms. The molecule has 1 heterocycles. The molecule has 3 aromatic rings. The van der Waals surface area contributed by atoms with E-state index in [1.54, 1.807) is 28.9 Å². The predicted octanol–water partition coefficient (Wildman–Crippen LogP) is 3.44. The summed E-state index contributed by atoms with van der Waals surface area (Å²) in [4.78, 5) is 4.39. The highest BCUT2D eigenvalue weighted by Gasteiger charge is 2.16. The van der Waals surface area contributed by atoms with Crippen molar-refractivity contribution in [1.82, 2.24) is 14.8 Å². The van der Waals surface area contributed by atoms with Gasteiger partial charge in [-0.3, -0.25) is 0 Å². The molecule has 1 aromatic heterocycles. The molecule has 0 amide bonds. The van der Waals surface area contributed by atoms with Crippen LogP contribution in [0.3, 0.4) is 0 Å². The van der Waals surface area contributed by atoms with Gasteiger partial charge in [0.2, 0.25) is 0 Å². The van der Waals surface area contributed by atoms with E-state index in [1.807, 2.05) is 26.0 Å². The highest BCUT2D eigenvalue weighted by Crippen LogP contribution is 2.25. The zero-order valence-corrected chi connectivity index (χ0v) is 12.9. The number of nitrogen functional groups attached to an aromatic ring is 1. The highest BCUT2D eigenvalue weighted by atomic mass is 19.1. The summed E-state index contributed by atoms with van der Waals surface area (Å²) < 4.78 is 20.7. The van der Waals surface area contributed by atoms with Crippen molar-refractivity contribution in [2.24, 2.45) is 0 Å². The van der Waals surface area contributed by atoms with Gasteiger partial charge in [-0.1, -0.05) is 12.1 Å². The van der Waals surface area contributed by atoms with Gasteiger partial charge in [-0.05, 0) is 50.2 Å². The van der Waals surface area contributed by atoms with Crippen molar-refractivity contribution in [2.45, 2.75) is 20.0 Å². The lowest BCUT2D eigenvalue weighted by Gasteiger charge is -2.06. The number of hydrogen-bond donors (Lipinski definition) is 1. The van der Waals surface area contributed by atoms with Gasteiger partial charge in [0.25, 0.3) is 0 Å². The van der Waals surface area contributed by atoms with Crippen molar-refractivity contribution < 1.29 is 9.13 Å². The minimum absolute atomic E-state index is 0.0578. The molecule has 5 nitrogen and oxygen atoms in total. The van der Waals surface area contributed by atoms with E-state index in [0.717, 1.165) is 5.69 Å². The predicted molar refractivity (Wildman–Crippen MR) is 86.9 cm³/mol. The first-order valence-electron chi connectivity index (χ1n) is 7.28. The quantitative estimate of drug-likeness (QED) is 0.749. The fourth-order valence-electron chi connectivity index (χ4n) is 2.16. The van der Waals surface area contributed by atoms with E-state index in [9.17, 15) is 4.39 Å². The third-order valence-electron chi connectivity index (χ3n) is 3.15. The summed E-state index contributed by atoms with van der Waals surface area (Å²) in [6.45, 7) is 3.79. The van der Waals surface area contributed by atoms with Gasteiger partial charge >= 0.3 is 6.01 Å². The summed E-state index contributed by atoms with van der Waals surface area (Å²) in [6.07, 6.45) is -0.0578. The Bertz CT molecular complexity index is 812. The second-order valence-electron chi connectivity index (χ2n) is 5.40. The molecule has 2 aromatic carbocycles. The zero-order chi connectivity index (χ0) is 16.4. The van der Waals surface area contributed by atoms with Crippen molar-refractivity contribution in [1.29, 1.82) is 0 Å². The van der Waals surface area contributed by atoms with Crippen LogP contribution in [0.4, 0.5) is 10.1 Å². The molecule has 0 aliphatic rings. The maximum Gasteiger partial charge on any atom is 0.336 e. The highest BCUT2D eigenvalue weighted by molar-refractivity contribution is 5.59. The van der Waals surface area contributed by atoms with Crippen molar-refractivity contribution in [3.05, 3.63) is 54.3 Å². The molecule has 0 radical (unpaired) electrons. The van der Waals surface area contributed by atoms with Crippen LogP contribution in [0.1, 0.15) is 13.8 Å². The lowest BCUT2D eigenvalue weighted by Crippen LogP contribution is -2.07. The summed E-state index contributed by atoms with van der Waals surface area (Å²) in [5, 5.41) is 4.38. The van der Waals surface area contributed by atoms with Crippen LogP contribution >= 0.6 is 0 Å². The Hall–Kier alpha value is -2.89. The van der Waals surface area contributed by atoms with E-state index in [1.165, 1.54) is 12.1 Å². The van der Waals surface area contributed by atoms with Gasteiger partial charge in [0.15, 0.2) is 5.82 Å². The first-order chi connectivity index (χ1) is 11.0. The van der Waals surface area contributed by atoms with Gasteiger partial charge in [0, 0.05) is 11.3 Å². The number of halogens is 1. The van der Waals surface area contributed by atoms with Gasteiger partial charge in [0.05, 0.1) is 11.8 Å². The van der Waals surface area contributed by atoms with Crippen molar-refractivity contribution >= 4 is 5.69 Å². The molecule has 118 valence electrons. The number of rotatable bonds is 4. The SMILES string of the molecule is CC(C)Oc1nc(-c2cccc(F)c2)n(-c2ccc(N)cc2)n1. The summed E-state index contributed by atoms with van der Waals surface area (Å²) in [7, 11) is 0. The van der Waals surface area contributed by atoms with Crippen molar-refractivity contribution in [3.63, 3.8) is 0 Å². The number of hydrogen-bond acceptors (Lipinski definition) is 4. The zero-order valence-electron chi connectivity index (χ0n) is 12.9. The summed E-state index contributed by atoms with van der Waals surface area (Å²) >= 11 is 0. The van der Waals surface area contributed by atoms with E-state index in [2.05, 4.69) is 10.1 Å². The van der Waals surface area contributed by atoms with Gasteiger partial charge in [-0.25, -0.2) is 9.07 Å². The van der Waals surface area contributed by atoms with Crippen LogP contribution in [0.2, 0.25) is 0 Å². The molecule has 3 rings (SSSR count). The smallest absolute Gasteiger partial charge is 0.336 e. The summed E-state index contributed by atoms with van der Waals surface area (Å²) in [5.41, 5.74) is 7.76. The maximum absolute atomic E-state index is 13.6. The lowest BCUT2D eigenvalue weighted by atomic mass is 10.2. The Morgan fingerprint density at radius 3 is 2.52 bits per heavy atom. The standard InChI is InChI=1S/C17H17FN4O/c1-11(2)23-17-20-16(12-4-3-5-13(18)10-12)22(21-17)15-8-6-14(19)7-9-15/h3-11H,19H2,1-2H3. The summed E-state index contributed by atoms with van der Waals surface area (Å²) in [6, 6.07) is 13.7.